The van der Waals surface area contributed by atoms with Crippen molar-refractivity contribution in [3.63, 3.8) is 0 Å². The normalized spacial score (nSPS) is 10.9. The predicted octanol–water partition coefficient (Wildman–Crippen LogP) is 2.76. The number of hydrogen-bond acceptors (Lipinski definition) is 3. The van der Waals surface area contributed by atoms with Gasteiger partial charge in [0.25, 0.3) is 0 Å². The van der Waals surface area contributed by atoms with Crippen LogP contribution in [0.4, 0.5) is 0 Å². The summed E-state index contributed by atoms with van der Waals surface area (Å²) in [6.07, 6.45) is 1.66. The van der Waals surface area contributed by atoms with Crippen molar-refractivity contribution in [3.8, 4) is 5.69 Å². The van der Waals surface area contributed by atoms with E-state index in [9.17, 15) is 0 Å². The third-order valence-electron chi connectivity index (χ3n) is 2.97. The predicted molar refractivity (Wildman–Crippen MR) is 77.9 cm³/mol. The van der Waals surface area contributed by atoms with Crippen LogP contribution >= 0.6 is 11.6 Å². The van der Waals surface area contributed by atoms with Gasteiger partial charge < -0.3 is 5.32 Å². The fourth-order valence-corrected chi connectivity index (χ4v) is 2.28. The Bertz CT molecular complexity index is 563. The van der Waals surface area contributed by atoms with E-state index in [1.807, 2.05) is 23.9 Å². The molecule has 4 nitrogen and oxygen atoms in total. The van der Waals surface area contributed by atoms with Crippen LogP contribution in [0.5, 0.6) is 0 Å². The van der Waals surface area contributed by atoms with Gasteiger partial charge in [-0.15, -0.1) is 0 Å². The Morgan fingerprint density at radius 1 is 1.26 bits per heavy atom. The number of benzene rings is 1. The van der Waals surface area contributed by atoms with Gasteiger partial charge in [-0.05, 0) is 24.7 Å². The summed E-state index contributed by atoms with van der Waals surface area (Å²) in [5, 5.41) is 8.33. The zero-order valence-electron chi connectivity index (χ0n) is 11.6. The fourth-order valence-electron chi connectivity index (χ4n) is 2.00. The first-order chi connectivity index (χ1) is 9.19. The molecule has 19 heavy (non-hydrogen) atoms. The van der Waals surface area contributed by atoms with E-state index in [1.54, 1.807) is 0 Å². The Hall–Kier alpha value is -1.39. The zero-order chi connectivity index (χ0) is 13.8. The van der Waals surface area contributed by atoms with Crippen molar-refractivity contribution in [3.05, 3.63) is 40.4 Å². The SMILES string of the molecule is CCc1nc(CC)n(-c2ccc(CNC)cc2Cl)n1. The zero-order valence-corrected chi connectivity index (χ0v) is 12.3. The third kappa shape index (κ3) is 2.96. The van der Waals surface area contributed by atoms with Crippen LogP contribution in [0.2, 0.25) is 5.02 Å². The topological polar surface area (TPSA) is 42.7 Å². The summed E-state index contributed by atoms with van der Waals surface area (Å²) in [4.78, 5) is 4.50. The van der Waals surface area contributed by atoms with Gasteiger partial charge in [-0.3, -0.25) is 0 Å². The highest BCUT2D eigenvalue weighted by Crippen LogP contribution is 2.23. The van der Waals surface area contributed by atoms with Crippen molar-refractivity contribution in [2.45, 2.75) is 33.2 Å². The minimum atomic E-state index is 0.704. The van der Waals surface area contributed by atoms with Crippen molar-refractivity contribution in [2.24, 2.45) is 0 Å². The van der Waals surface area contributed by atoms with Crippen LogP contribution in [-0.2, 0) is 19.4 Å². The van der Waals surface area contributed by atoms with E-state index in [2.05, 4.69) is 35.3 Å². The maximum atomic E-state index is 6.36. The standard InChI is InChI=1S/C14H19ClN4/c1-4-13-17-14(5-2)19(18-13)12-7-6-10(9-16-3)8-11(12)15/h6-8,16H,4-5,9H2,1-3H3. The van der Waals surface area contributed by atoms with Gasteiger partial charge in [0.2, 0.25) is 0 Å². The minimum Gasteiger partial charge on any atom is -0.316 e. The van der Waals surface area contributed by atoms with Gasteiger partial charge in [-0.25, -0.2) is 9.67 Å². The number of hydrogen-bond donors (Lipinski definition) is 1. The van der Waals surface area contributed by atoms with Gasteiger partial charge in [0, 0.05) is 19.4 Å². The molecule has 102 valence electrons. The van der Waals surface area contributed by atoms with Gasteiger partial charge in [-0.1, -0.05) is 31.5 Å². The molecule has 5 heteroatoms. The van der Waals surface area contributed by atoms with Crippen molar-refractivity contribution >= 4 is 11.6 Å². The van der Waals surface area contributed by atoms with Crippen LogP contribution < -0.4 is 5.32 Å². The quantitative estimate of drug-likeness (QED) is 0.914. The van der Waals surface area contributed by atoms with Crippen LogP contribution in [0.25, 0.3) is 5.69 Å². The average molecular weight is 279 g/mol. The molecule has 0 radical (unpaired) electrons. The summed E-state index contributed by atoms with van der Waals surface area (Å²) >= 11 is 6.36. The van der Waals surface area contributed by atoms with Crippen LogP contribution in [0.15, 0.2) is 18.2 Å². The summed E-state index contributed by atoms with van der Waals surface area (Å²) in [5.41, 5.74) is 2.05. The second kappa shape index (κ2) is 6.17. The average Bonchev–Trinajstić information content (AvgIpc) is 2.82. The summed E-state index contributed by atoms with van der Waals surface area (Å²) in [6.45, 7) is 4.93. The van der Waals surface area contributed by atoms with Crippen molar-refractivity contribution in [2.75, 3.05) is 7.05 Å². The summed E-state index contributed by atoms with van der Waals surface area (Å²) < 4.78 is 1.85. The highest BCUT2D eigenvalue weighted by atomic mass is 35.5. The molecule has 2 aromatic rings. The highest BCUT2D eigenvalue weighted by Gasteiger charge is 2.12. The van der Waals surface area contributed by atoms with E-state index >= 15 is 0 Å². The number of aryl methyl sites for hydroxylation is 2. The smallest absolute Gasteiger partial charge is 0.151 e. The second-order valence-corrected chi connectivity index (χ2v) is 4.79. The molecule has 0 unspecified atom stereocenters. The maximum absolute atomic E-state index is 6.36. The number of rotatable bonds is 5. The molecule has 0 bridgehead atoms. The Morgan fingerprint density at radius 2 is 2.05 bits per heavy atom. The number of aromatic nitrogens is 3. The molecule has 2 rings (SSSR count). The first-order valence-electron chi connectivity index (χ1n) is 6.57. The van der Waals surface area contributed by atoms with Crippen molar-refractivity contribution < 1.29 is 0 Å². The molecule has 0 saturated heterocycles. The molecule has 1 N–H and O–H groups in total. The number of nitrogens with one attached hydrogen (secondary N) is 1. The number of halogens is 1. The van der Waals surface area contributed by atoms with Crippen LogP contribution in [0.1, 0.15) is 31.1 Å². The molecule has 0 atom stereocenters. The van der Waals surface area contributed by atoms with Gasteiger partial charge >= 0.3 is 0 Å². The molecule has 0 aliphatic carbocycles. The van der Waals surface area contributed by atoms with E-state index in [4.69, 9.17) is 11.6 Å². The lowest BCUT2D eigenvalue weighted by atomic mass is 10.2. The molecule has 1 heterocycles. The molecule has 0 aliphatic rings. The van der Waals surface area contributed by atoms with Gasteiger partial charge in [-0.2, -0.15) is 5.10 Å². The molecule has 0 amide bonds. The lowest BCUT2D eigenvalue weighted by Crippen LogP contribution is -2.07. The van der Waals surface area contributed by atoms with E-state index in [-0.39, 0.29) is 0 Å². The summed E-state index contributed by atoms with van der Waals surface area (Å²) in [6, 6.07) is 6.03. The van der Waals surface area contributed by atoms with Crippen LogP contribution in [-0.4, -0.2) is 21.8 Å². The lowest BCUT2D eigenvalue weighted by molar-refractivity contribution is 0.786. The Kier molecular flexibility index (Phi) is 4.56. The van der Waals surface area contributed by atoms with E-state index in [0.717, 1.165) is 42.3 Å². The van der Waals surface area contributed by atoms with Gasteiger partial charge in [0.1, 0.15) is 5.82 Å². The molecule has 1 aromatic heterocycles. The largest absolute Gasteiger partial charge is 0.316 e. The minimum absolute atomic E-state index is 0.704. The lowest BCUT2D eigenvalue weighted by Gasteiger charge is -2.08. The van der Waals surface area contributed by atoms with E-state index < -0.39 is 0 Å². The second-order valence-electron chi connectivity index (χ2n) is 4.38. The molecule has 1 aromatic carbocycles. The van der Waals surface area contributed by atoms with Crippen molar-refractivity contribution in [1.29, 1.82) is 0 Å². The Balaban J connectivity index is 2.43. The monoisotopic (exact) mass is 278 g/mol. The Labute approximate surface area is 118 Å². The maximum Gasteiger partial charge on any atom is 0.151 e. The summed E-state index contributed by atoms with van der Waals surface area (Å²) in [5.74, 6) is 1.80. The molecule has 0 aliphatic heterocycles. The van der Waals surface area contributed by atoms with Crippen molar-refractivity contribution in [1.82, 2.24) is 20.1 Å². The molecule has 0 saturated carbocycles. The van der Waals surface area contributed by atoms with Crippen LogP contribution in [0.3, 0.4) is 0 Å². The highest BCUT2D eigenvalue weighted by molar-refractivity contribution is 6.32. The van der Waals surface area contributed by atoms with E-state index in [1.165, 1.54) is 0 Å². The van der Waals surface area contributed by atoms with Gasteiger partial charge in [0.15, 0.2) is 5.82 Å². The first-order valence-corrected chi connectivity index (χ1v) is 6.95. The molecular weight excluding hydrogens is 260 g/mol. The molecule has 0 spiro atoms. The Morgan fingerprint density at radius 3 is 2.63 bits per heavy atom. The van der Waals surface area contributed by atoms with Crippen LogP contribution in [0, 0.1) is 0 Å². The summed E-state index contributed by atoms with van der Waals surface area (Å²) in [7, 11) is 1.92. The third-order valence-corrected chi connectivity index (χ3v) is 3.27. The fraction of sp³-hybridized carbons (Fsp3) is 0.429. The molecular formula is C14H19ClN4. The van der Waals surface area contributed by atoms with E-state index in [0.29, 0.717) is 5.02 Å². The molecule has 0 fully saturated rings. The number of nitrogens with zero attached hydrogens (tertiary/aromatic N) is 3. The van der Waals surface area contributed by atoms with Gasteiger partial charge in [0.05, 0.1) is 10.7 Å². The first kappa shape index (κ1) is 14.0.